The lowest BCUT2D eigenvalue weighted by Crippen LogP contribution is -2.48. The van der Waals surface area contributed by atoms with Crippen LogP contribution < -0.4 is 11.1 Å². The van der Waals surface area contributed by atoms with Gasteiger partial charge < -0.3 is 16.2 Å². The number of carbonyl (C=O) groups is 1. The molecule has 0 bridgehead atoms. The fraction of sp³-hybridized carbons (Fsp3) is 0.889. The van der Waals surface area contributed by atoms with Gasteiger partial charge in [-0.1, -0.05) is 0 Å². The highest BCUT2D eigenvalue weighted by Crippen LogP contribution is 2.08. The van der Waals surface area contributed by atoms with Crippen molar-refractivity contribution in [2.75, 3.05) is 0 Å². The first-order valence-electron chi connectivity index (χ1n) is 4.50. The molecule has 0 heterocycles. The molecule has 0 aliphatic heterocycles. The Morgan fingerprint density at radius 3 is 2.31 bits per heavy atom. The van der Waals surface area contributed by atoms with Crippen molar-refractivity contribution in [1.29, 1.82) is 0 Å². The molecule has 0 aromatic carbocycles. The maximum absolute atomic E-state index is 10.6. The van der Waals surface area contributed by atoms with Gasteiger partial charge in [0.1, 0.15) is 0 Å². The molecule has 0 aromatic heterocycles. The summed E-state index contributed by atoms with van der Waals surface area (Å²) in [6, 6.07) is -0.0687. The van der Waals surface area contributed by atoms with Crippen molar-refractivity contribution in [1.82, 2.24) is 5.32 Å². The fourth-order valence-electron chi connectivity index (χ4n) is 0.991. The van der Waals surface area contributed by atoms with Crippen LogP contribution in [0.25, 0.3) is 0 Å². The van der Waals surface area contributed by atoms with Gasteiger partial charge in [-0.2, -0.15) is 0 Å². The summed E-state index contributed by atoms with van der Waals surface area (Å²) in [7, 11) is 0. The van der Waals surface area contributed by atoms with Crippen LogP contribution in [0.2, 0.25) is 0 Å². The molecule has 1 amide bonds. The predicted octanol–water partition coefficient (Wildman–Crippen LogP) is -0.000700. The molecule has 4 heteroatoms. The Morgan fingerprint density at radius 2 is 2.00 bits per heavy atom. The van der Waals surface area contributed by atoms with Gasteiger partial charge in [-0.25, -0.2) is 0 Å². The smallest absolute Gasteiger partial charge is 0.218 e. The van der Waals surface area contributed by atoms with Crippen LogP contribution in [0.15, 0.2) is 0 Å². The number of rotatable bonds is 5. The summed E-state index contributed by atoms with van der Waals surface area (Å²) in [5, 5.41) is 12.7. The number of hydrogen-bond acceptors (Lipinski definition) is 3. The van der Waals surface area contributed by atoms with Crippen LogP contribution in [0.5, 0.6) is 0 Å². The van der Waals surface area contributed by atoms with Crippen LogP contribution in [0.4, 0.5) is 0 Å². The minimum absolute atomic E-state index is 0.000995. The third-order valence-electron chi connectivity index (χ3n) is 2.10. The SMILES string of the molecule is CC(CC(N)=O)NC(C)C(C)(C)O. The third kappa shape index (κ3) is 5.60. The first-order chi connectivity index (χ1) is 5.73. The fourth-order valence-corrected chi connectivity index (χ4v) is 0.991. The lowest BCUT2D eigenvalue weighted by atomic mass is 9.99. The van der Waals surface area contributed by atoms with Gasteiger partial charge in [0, 0.05) is 18.5 Å². The predicted molar refractivity (Wildman–Crippen MR) is 52.2 cm³/mol. The highest BCUT2D eigenvalue weighted by molar-refractivity contribution is 5.74. The van der Waals surface area contributed by atoms with E-state index in [1.807, 2.05) is 13.8 Å². The second kappa shape index (κ2) is 4.58. The number of carbonyl (C=O) groups excluding carboxylic acids is 1. The zero-order valence-corrected chi connectivity index (χ0v) is 8.79. The molecular formula is C9H20N2O2. The van der Waals surface area contributed by atoms with Crippen LogP contribution in [-0.4, -0.2) is 28.7 Å². The van der Waals surface area contributed by atoms with Gasteiger partial charge in [-0.3, -0.25) is 4.79 Å². The number of amides is 1. The topological polar surface area (TPSA) is 75.4 Å². The van der Waals surface area contributed by atoms with Crippen molar-refractivity contribution in [3.05, 3.63) is 0 Å². The largest absolute Gasteiger partial charge is 0.389 e. The minimum atomic E-state index is -0.786. The maximum atomic E-state index is 10.6. The number of nitrogens with two attached hydrogens (primary N) is 1. The van der Waals surface area contributed by atoms with Gasteiger partial charge in [0.25, 0.3) is 0 Å². The van der Waals surface area contributed by atoms with Gasteiger partial charge in [-0.15, -0.1) is 0 Å². The summed E-state index contributed by atoms with van der Waals surface area (Å²) in [5.41, 5.74) is 4.25. The standard InChI is InChI=1S/C9H20N2O2/c1-6(5-8(10)12)11-7(2)9(3,4)13/h6-7,11,13H,5H2,1-4H3,(H2,10,12). The van der Waals surface area contributed by atoms with Crippen LogP contribution in [0.1, 0.15) is 34.1 Å². The van der Waals surface area contributed by atoms with E-state index >= 15 is 0 Å². The Hall–Kier alpha value is -0.610. The molecule has 78 valence electrons. The Kier molecular flexibility index (Phi) is 4.36. The van der Waals surface area contributed by atoms with Crippen molar-refractivity contribution in [2.24, 2.45) is 5.73 Å². The third-order valence-corrected chi connectivity index (χ3v) is 2.10. The molecule has 0 saturated heterocycles. The molecule has 2 atom stereocenters. The Bertz CT molecular complexity index is 175. The lowest BCUT2D eigenvalue weighted by molar-refractivity contribution is -0.118. The molecular weight excluding hydrogens is 168 g/mol. The minimum Gasteiger partial charge on any atom is -0.389 e. The molecule has 0 aromatic rings. The molecule has 4 nitrogen and oxygen atoms in total. The Balaban J connectivity index is 3.92. The van der Waals surface area contributed by atoms with E-state index in [1.54, 1.807) is 13.8 Å². The molecule has 0 rings (SSSR count). The Labute approximate surface area is 79.5 Å². The summed E-state index contributed by atoms with van der Waals surface area (Å²) < 4.78 is 0. The maximum Gasteiger partial charge on any atom is 0.218 e. The summed E-state index contributed by atoms with van der Waals surface area (Å²) in [5.74, 6) is -0.331. The number of nitrogens with one attached hydrogen (secondary N) is 1. The van der Waals surface area contributed by atoms with E-state index in [-0.39, 0.29) is 18.0 Å². The molecule has 0 spiro atoms. The molecule has 0 fully saturated rings. The highest BCUT2D eigenvalue weighted by atomic mass is 16.3. The van der Waals surface area contributed by atoms with E-state index in [0.717, 1.165) is 0 Å². The summed E-state index contributed by atoms with van der Waals surface area (Å²) >= 11 is 0. The normalized spacial score (nSPS) is 16.7. The molecule has 0 radical (unpaired) electrons. The molecule has 0 saturated carbocycles. The van der Waals surface area contributed by atoms with Crippen LogP contribution in [0.3, 0.4) is 0 Å². The zero-order chi connectivity index (χ0) is 10.6. The van der Waals surface area contributed by atoms with E-state index < -0.39 is 5.60 Å². The molecule has 4 N–H and O–H groups in total. The van der Waals surface area contributed by atoms with Crippen LogP contribution in [-0.2, 0) is 4.79 Å². The molecule has 0 aliphatic carbocycles. The van der Waals surface area contributed by atoms with Gasteiger partial charge in [0.05, 0.1) is 5.60 Å². The van der Waals surface area contributed by atoms with Crippen molar-refractivity contribution in [3.8, 4) is 0 Å². The average Bonchev–Trinajstić information content (AvgIpc) is 1.82. The summed E-state index contributed by atoms with van der Waals surface area (Å²) in [6.45, 7) is 7.19. The monoisotopic (exact) mass is 188 g/mol. The quantitative estimate of drug-likeness (QED) is 0.568. The summed E-state index contributed by atoms with van der Waals surface area (Å²) in [4.78, 5) is 10.6. The van der Waals surface area contributed by atoms with E-state index in [0.29, 0.717) is 6.42 Å². The molecule has 0 aliphatic rings. The van der Waals surface area contributed by atoms with E-state index in [2.05, 4.69) is 5.32 Å². The number of hydrogen-bond donors (Lipinski definition) is 3. The highest BCUT2D eigenvalue weighted by Gasteiger charge is 2.23. The van der Waals surface area contributed by atoms with Gasteiger partial charge in [0.2, 0.25) is 5.91 Å². The van der Waals surface area contributed by atoms with Crippen LogP contribution in [0, 0.1) is 0 Å². The van der Waals surface area contributed by atoms with Crippen molar-refractivity contribution < 1.29 is 9.90 Å². The van der Waals surface area contributed by atoms with Crippen molar-refractivity contribution >= 4 is 5.91 Å². The molecule has 2 unspecified atom stereocenters. The number of primary amides is 1. The van der Waals surface area contributed by atoms with E-state index in [9.17, 15) is 9.90 Å². The van der Waals surface area contributed by atoms with Gasteiger partial charge in [0.15, 0.2) is 0 Å². The molecule has 13 heavy (non-hydrogen) atoms. The average molecular weight is 188 g/mol. The van der Waals surface area contributed by atoms with Crippen molar-refractivity contribution in [2.45, 2.75) is 51.8 Å². The second-order valence-electron chi connectivity index (χ2n) is 4.11. The second-order valence-corrected chi connectivity index (χ2v) is 4.11. The first-order valence-corrected chi connectivity index (χ1v) is 4.50. The summed E-state index contributed by atoms with van der Waals surface area (Å²) in [6.07, 6.45) is 0.292. The number of aliphatic hydroxyl groups is 1. The van der Waals surface area contributed by atoms with E-state index in [1.165, 1.54) is 0 Å². The van der Waals surface area contributed by atoms with E-state index in [4.69, 9.17) is 5.73 Å². The zero-order valence-electron chi connectivity index (χ0n) is 8.79. The lowest BCUT2D eigenvalue weighted by Gasteiger charge is -2.29. The van der Waals surface area contributed by atoms with Crippen molar-refractivity contribution in [3.63, 3.8) is 0 Å². The first kappa shape index (κ1) is 12.4. The van der Waals surface area contributed by atoms with Gasteiger partial charge in [-0.05, 0) is 27.7 Å². The van der Waals surface area contributed by atoms with Crippen LogP contribution >= 0.6 is 0 Å². The Morgan fingerprint density at radius 1 is 1.54 bits per heavy atom. The van der Waals surface area contributed by atoms with Gasteiger partial charge >= 0.3 is 0 Å².